The van der Waals surface area contributed by atoms with Gasteiger partial charge in [-0.05, 0) is 61.8 Å². The molecule has 0 radical (unpaired) electrons. The first-order chi connectivity index (χ1) is 15.6. The molecule has 4 aliphatic carbocycles. The molecule has 7 nitrogen and oxygen atoms in total. The van der Waals surface area contributed by atoms with Crippen molar-refractivity contribution in [1.82, 2.24) is 0 Å². The second kappa shape index (κ2) is 7.02. The summed E-state index contributed by atoms with van der Waals surface area (Å²) in [6.07, 6.45) is 4.98. The molecule has 5 rings (SSSR count). The van der Waals surface area contributed by atoms with Crippen LogP contribution < -0.4 is 0 Å². The molecular formula is C26H24O7. The lowest BCUT2D eigenvalue weighted by molar-refractivity contribution is -0.147. The highest BCUT2D eigenvalue weighted by Crippen LogP contribution is 2.53. The summed E-state index contributed by atoms with van der Waals surface area (Å²) in [4.78, 5) is 38.0. The summed E-state index contributed by atoms with van der Waals surface area (Å²) in [5, 5.41) is 43.7. The molecule has 0 heterocycles. The first-order valence-electron chi connectivity index (χ1n) is 11.0. The van der Waals surface area contributed by atoms with E-state index in [1.54, 1.807) is 6.07 Å². The maximum Gasteiger partial charge on any atom is 0.202 e. The Labute approximate surface area is 190 Å². The number of Topliss-reactive ketones (excluding diaryl/α,β-unsaturated/α-hetero) is 3. The number of ketones is 3. The summed E-state index contributed by atoms with van der Waals surface area (Å²) in [6.45, 7) is 3.10. The van der Waals surface area contributed by atoms with Crippen molar-refractivity contribution in [2.24, 2.45) is 11.8 Å². The van der Waals surface area contributed by atoms with Gasteiger partial charge in [-0.1, -0.05) is 23.8 Å². The van der Waals surface area contributed by atoms with E-state index in [1.165, 1.54) is 11.6 Å². The summed E-state index contributed by atoms with van der Waals surface area (Å²) >= 11 is 0. The van der Waals surface area contributed by atoms with Gasteiger partial charge in [-0.15, -0.1) is 0 Å². The highest BCUT2D eigenvalue weighted by Gasteiger charge is 2.60. The van der Waals surface area contributed by atoms with E-state index in [0.717, 1.165) is 24.5 Å². The number of fused-ring (bicyclic) bond motifs is 3. The van der Waals surface area contributed by atoms with E-state index < -0.39 is 51.9 Å². The van der Waals surface area contributed by atoms with Crippen molar-refractivity contribution in [3.05, 3.63) is 63.5 Å². The average molecular weight is 448 g/mol. The fraction of sp³-hybridized carbons (Fsp3) is 0.346. The van der Waals surface area contributed by atoms with Gasteiger partial charge in [0.1, 0.15) is 22.8 Å². The fourth-order valence-electron chi connectivity index (χ4n) is 5.88. The monoisotopic (exact) mass is 448 g/mol. The number of aliphatic hydroxyl groups is 3. The average Bonchev–Trinajstić information content (AvgIpc) is 3.16. The molecular weight excluding hydrogens is 424 g/mol. The maximum atomic E-state index is 13.5. The zero-order chi connectivity index (χ0) is 23.8. The first-order valence-corrected chi connectivity index (χ1v) is 11.0. The Morgan fingerprint density at radius 3 is 2.45 bits per heavy atom. The molecule has 0 saturated heterocycles. The van der Waals surface area contributed by atoms with E-state index in [-0.39, 0.29) is 29.7 Å². The minimum Gasteiger partial charge on any atom is -0.508 e. The van der Waals surface area contributed by atoms with E-state index in [9.17, 15) is 34.8 Å². The normalized spacial score (nSPS) is 28.8. The topological polar surface area (TPSA) is 132 Å². The van der Waals surface area contributed by atoms with Gasteiger partial charge in [0.05, 0.1) is 5.56 Å². The zero-order valence-corrected chi connectivity index (χ0v) is 18.3. The molecule has 170 valence electrons. The summed E-state index contributed by atoms with van der Waals surface area (Å²) in [6, 6.07) is 3.26. The van der Waals surface area contributed by atoms with E-state index in [0.29, 0.717) is 12.0 Å². The van der Waals surface area contributed by atoms with Crippen LogP contribution in [0.3, 0.4) is 0 Å². The zero-order valence-electron chi connectivity index (χ0n) is 18.3. The molecule has 0 unspecified atom stereocenters. The largest absolute Gasteiger partial charge is 0.508 e. The number of allylic oxidation sites excluding steroid dienone is 5. The van der Waals surface area contributed by atoms with Crippen molar-refractivity contribution in [2.45, 2.75) is 45.1 Å². The lowest BCUT2D eigenvalue weighted by Crippen LogP contribution is -2.57. The van der Waals surface area contributed by atoms with Gasteiger partial charge in [-0.3, -0.25) is 14.4 Å². The molecule has 33 heavy (non-hydrogen) atoms. The van der Waals surface area contributed by atoms with E-state index in [4.69, 9.17) is 0 Å². The molecule has 1 saturated carbocycles. The predicted octanol–water partition coefficient (Wildman–Crippen LogP) is 3.26. The number of phenolic OH excluding ortho intramolecular Hbond substituents is 1. The third kappa shape index (κ3) is 2.82. The Bertz CT molecular complexity index is 1290. The van der Waals surface area contributed by atoms with Gasteiger partial charge in [-0.25, -0.2) is 0 Å². The van der Waals surface area contributed by atoms with Crippen molar-refractivity contribution < 1.29 is 34.8 Å². The maximum absolute atomic E-state index is 13.5. The van der Waals surface area contributed by atoms with Crippen molar-refractivity contribution in [3.8, 4) is 5.75 Å². The number of aromatic hydroxyl groups is 1. The fourth-order valence-corrected chi connectivity index (χ4v) is 5.88. The summed E-state index contributed by atoms with van der Waals surface area (Å²) in [5.41, 5.74) is 0.820. The Morgan fingerprint density at radius 1 is 1.09 bits per heavy atom. The molecule has 0 aliphatic heterocycles. The van der Waals surface area contributed by atoms with Gasteiger partial charge < -0.3 is 20.4 Å². The predicted molar refractivity (Wildman–Crippen MR) is 119 cm³/mol. The quantitative estimate of drug-likeness (QED) is 0.511. The molecule has 0 aromatic heterocycles. The highest BCUT2D eigenvalue weighted by molar-refractivity contribution is 6.23. The lowest BCUT2D eigenvalue weighted by Gasteiger charge is -2.46. The van der Waals surface area contributed by atoms with Gasteiger partial charge in [0.25, 0.3) is 0 Å². The number of carbonyl (C=O) groups is 3. The Morgan fingerprint density at radius 2 is 1.82 bits per heavy atom. The van der Waals surface area contributed by atoms with Gasteiger partial charge in [0.15, 0.2) is 17.2 Å². The lowest BCUT2D eigenvalue weighted by atomic mass is 9.59. The van der Waals surface area contributed by atoms with Crippen LogP contribution in [-0.4, -0.2) is 43.4 Å². The number of hydrogen-bond donors (Lipinski definition) is 4. The molecule has 1 fully saturated rings. The molecule has 4 aliphatic rings. The standard InChI is InChI=1S/C26H24O7/c1-11-3-4-13(7-11)16-5-6-18(28)22-17(16)9-14-8-15-10-19(29)20(12(2)27)24(31)26(15,33)25(32)21(14)23(22)30/h3-6,14-15,28,30-31,33H,7-10H2,1-2H3/t14-,15+,26-/m1/s1. The van der Waals surface area contributed by atoms with Crippen LogP contribution in [0.1, 0.15) is 49.8 Å². The van der Waals surface area contributed by atoms with Crippen molar-refractivity contribution >= 4 is 28.7 Å². The number of rotatable bonds is 2. The Balaban J connectivity index is 1.68. The van der Waals surface area contributed by atoms with Gasteiger partial charge in [0.2, 0.25) is 5.78 Å². The van der Waals surface area contributed by atoms with Crippen LogP contribution >= 0.6 is 0 Å². The van der Waals surface area contributed by atoms with Gasteiger partial charge in [0, 0.05) is 17.9 Å². The van der Waals surface area contributed by atoms with Crippen molar-refractivity contribution in [2.75, 3.05) is 0 Å². The minimum absolute atomic E-state index is 0.0905. The molecule has 4 N–H and O–H groups in total. The number of aliphatic hydroxyl groups excluding tert-OH is 2. The van der Waals surface area contributed by atoms with Crippen LogP contribution in [0.5, 0.6) is 5.75 Å². The highest BCUT2D eigenvalue weighted by atomic mass is 16.3. The first kappa shape index (κ1) is 21.4. The SMILES string of the molecule is CC(=O)C1=C(O)[C@@]2(O)C(=O)C3=C(O)c4c(O)ccc(C5=CC=C(C)C5)c4C[C@H]3C[C@H]2CC1=O. The van der Waals surface area contributed by atoms with E-state index >= 15 is 0 Å². The number of carbonyl (C=O) groups excluding carboxylic acids is 3. The molecule has 1 aromatic carbocycles. The third-order valence-corrected chi connectivity index (χ3v) is 7.44. The van der Waals surface area contributed by atoms with Crippen LogP contribution in [0.4, 0.5) is 0 Å². The van der Waals surface area contributed by atoms with Gasteiger partial charge in [-0.2, -0.15) is 0 Å². The third-order valence-electron chi connectivity index (χ3n) is 7.44. The van der Waals surface area contributed by atoms with E-state index in [2.05, 4.69) is 0 Å². The number of phenols is 1. The van der Waals surface area contributed by atoms with Crippen LogP contribution in [-0.2, 0) is 20.8 Å². The Kier molecular flexibility index (Phi) is 4.55. The second-order valence-corrected chi connectivity index (χ2v) is 9.47. The summed E-state index contributed by atoms with van der Waals surface area (Å²) < 4.78 is 0. The van der Waals surface area contributed by atoms with Crippen LogP contribution in [0, 0.1) is 11.8 Å². The molecule has 3 atom stereocenters. The molecule has 1 aromatic rings. The smallest absolute Gasteiger partial charge is 0.202 e. The Hall–Kier alpha value is -3.45. The van der Waals surface area contributed by atoms with E-state index in [1.807, 2.05) is 19.1 Å². The number of benzene rings is 1. The van der Waals surface area contributed by atoms with Crippen LogP contribution in [0.15, 0.2) is 46.8 Å². The molecule has 0 amide bonds. The summed E-state index contributed by atoms with van der Waals surface area (Å²) in [7, 11) is 0. The van der Waals surface area contributed by atoms with Crippen LogP contribution in [0.25, 0.3) is 11.3 Å². The van der Waals surface area contributed by atoms with Gasteiger partial charge >= 0.3 is 0 Å². The second-order valence-electron chi connectivity index (χ2n) is 9.47. The van der Waals surface area contributed by atoms with Crippen LogP contribution in [0.2, 0.25) is 0 Å². The molecule has 0 bridgehead atoms. The van der Waals surface area contributed by atoms with Crippen molar-refractivity contribution in [3.63, 3.8) is 0 Å². The molecule has 0 spiro atoms. The minimum atomic E-state index is -2.46. The number of hydrogen-bond acceptors (Lipinski definition) is 7. The molecule has 7 heteroatoms. The summed E-state index contributed by atoms with van der Waals surface area (Å²) in [5.74, 6) is -5.26. The van der Waals surface area contributed by atoms with Crippen molar-refractivity contribution in [1.29, 1.82) is 0 Å².